The van der Waals surface area contributed by atoms with Crippen LogP contribution in [0.4, 0.5) is 0 Å². The van der Waals surface area contributed by atoms with E-state index in [4.69, 9.17) is 4.98 Å². The van der Waals surface area contributed by atoms with Crippen LogP contribution in [0.15, 0.2) is 170 Å². The molecule has 0 radical (unpaired) electrons. The first-order valence-corrected chi connectivity index (χ1v) is 16.8. The molecule has 9 rings (SSSR count). The SMILES string of the molecule is CCc1ccc(-c2c3ccccc3c(-c3ccc(-c4ccnc(-c5cccc6ccccc56)c4)cc3)c3ccccc23)c2ccccc12. The van der Waals surface area contributed by atoms with Crippen molar-refractivity contribution in [2.75, 3.05) is 0 Å². The molecule has 1 heterocycles. The van der Waals surface area contributed by atoms with Crippen molar-refractivity contribution >= 4 is 43.1 Å². The van der Waals surface area contributed by atoms with Gasteiger partial charge in [0, 0.05) is 11.8 Å². The minimum Gasteiger partial charge on any atom is -0.256 e. The van der Waals surface area contributed by atoms with Crippen LogP contribution in [0, 0.1) is 0 Å². The molecule has 0 saturated heterocycles. The van der Waals surface area contributed by atoms with E-state index in [0.29, 0.717) is 0 Å². The predicted molar refractivity (Wildman–Crippen MR) is 205 cm³/mol. The van der Waals surface area contributed by atoms with Crippen LogP contribution in [0.1, 0.15) is 12.5 Å². The summed E-state index contributed by atoms with van der Waals surface area (Å²) in [7, 11) is 0. The molecule has 8 aromatic carbocycles. The van der Waals surface area contributed by atoms with E-state index in [2.05, 4.69) is 171 Å². The predicted octanol–water partition coefficient (Wildman–Crippen LogP) is 12.9. The Morgan fingerprint density at radius 3 is 1.65 bits per heavy atom. The highest BCUT2D eigenvalue weighted by Crippen LogP contribution is 2.46. The average molecular weight is 612 g/mol. The summed E-state index contributed by atoms with van der Waals surface area (Å²) < 4.78 is 0. The van der Waals surface area contributed by atoms with E-state index >= 15 is 0 Å². The molecule has 1 aromatic heterocycles. The molecule has 0 N–H and O–H groups in total. The summed E-state index contributed by atoms with van der Waals surface area (Å²) in [6.07, 6.45) is 2.94. The van der Waals surface area contributed by atoms with Crippen molar-refractivity contribution in [3.63, 3.8) is 0 Å². The maximum absolute atomic E-state index is 4.78. The minimum atomic E-state index is 0.987. The van der Waals surface area contributed by atoms with E-state index in [1.807, 2.05) is 6.20 Å². The molecule has 226 valence electrons. The first-order valence-electron chi connectivity index (χ1n) is 16.8. The summed E-state index contributed by atoms with van der Waals surface area (Å²) in [5, 5.41) is 10.2. The standard InChI is InChI=1S/C47H33N/c1-2-31-26-27-44(38-16-6-5-14-36(31)38)47-42-19-9-7-17-40(42)46(41-18-8-10-20-43(41)47)34-24-22-32(23-25-34)35-28-29-48-45(30-35)39-21-11-13-33-12-3-4-15-37(33)39/h3-30H,2H2,1H3. The van der Waals surface area contributed by atoms with Crippen molar-refractivity contribution < 1.29 is 0 Å². The van der Waals surface area contributed by atoms with Crippen molar-refractivity contribution in [2.24, 2.45) is 0 Å². The Labute approximate surface area is 280 Å². The maximum atomic E-state index is 4.78. The molecule has 0 spiro atoms. The van der Waals surface area contributed by atoms with E-state index < -0.39 is 0 Å². The van der Waals surface area contributed by atoms with Gasteiger partial charge >= 0.3 is 0 Å². The van der Waals surface area contributed by atoms with Gasteiger partial charge in [-0.1, -0.05) is 159 Å². The number of rotatable bonds is 5. The smallest absolute Gasteiger partial charge is 0.0714 e. The summed E-state index contributed by atoms with van der Waals surface area (Å²) in [5.41, 5.74) is 10.9. The van der Waals surface area contributed by atoms with Gasteiger partial charge in [0.15, 0.2) is 0 Å². The minimum absolute atomic E-state index is 0.987. The summed E-state index contributed by atoms with van der Waals surface area (Å²) in [4.78, 5) is 4.78. The van der Waals surface area contributed by atoms with Crippen LogP contribution in [-0.2, 0) is 6.42 Å². The van der Waals surface area contributed by atoms with Crippen LogP contribution < -0.4 is 0 Å². The van der Waals surface area contributed by atoms with E-state index in [0.717, 1.165) is 23.2 Å². The third-order valence-electron chi connectivity index (χ3n) is 9.93. The van der Waals surface area contributed by atoms with Gasteiger partial charge in [0.05, 0.1) is 5.69 Å². The molecule has 0 saturated carbocycles. The largest absolute Gasteiger partial charge is 0.256 e. The lowest BCUT2D eigenvalue weighted by Crippen LogP contribution is -1.93. The highest BCUT2D eigenvalue weighted by Gasteiger charge is 2.18. The van der Waals surface area contributed by atoms with Gasteiger partial charge in [-0.15, -0.1) is 0 Å². The van der Waals surface area contributed by atoms with E-state index in [1.54, 1.807) is 0 Å². The second kappa shape index (κ2) is 11.6. The van der Waals surface area contributed by atoms with Gasteiger partial charge in [0.25, 0.3) is 0 Å². The molecule has 9 aromatic rings. The first-order chi connectivity index (χ1) is 23.8. The van der Waals surface area contributed by atoms with Gasteiger partial charge in [-0.3, -0.25) is 4.98 Å². The summed E-state index contributed by atoms with van der Waals surface area (Å²) in [6.45, 7) is 2.24. The Morgan fingerprint density at radius 2 is 0.958 bits per heavy atom. The van der Waals surface area contributed by atoms with Crippen molar-refractivity contribution in [3.05, 3.63) is 176 Å². The zero-order valence-corrected chi connectivity index (χ0v) is 26.8. The number of pyridine rings is 1. The monoisotopic (exact) mass is 611 g/mol. The fourth-order valence-corrected chi connectivity index (χ4v) is 7.65. The highest BCUT2D eigenvalue weighted by atomic mass is 14.7. The Morgan fingerprint density at radius 1 is 0.396 bits per heavy atom. The number of hydrogen-bond donors (Lipinski definition) is 0. The van der Waals surface area contributed by atoms with Crippen molar-refractivity contribution in [1.82, 2.24) is 4.98 Å². The average Bonchev–Trinajstić information content (AvgIpc) is 3.16. The molecule has 48 heavy (non-hydrogen) atoms. The summed E-state index contributed by atoms with van der Waals surface area (Å²) in [6, 6.07) is 59.7. The number of fused-ring (bicyclic) bond motifs is 4. The molecule has 0 aliphatic rings. The van der Waals surface area contributed by atoms with Gasteiger partial charge in [0.2, 0.25) is 0 Å². The number of aryl methyl sites for hydroxylation is 1. The summed E-state index contributed by atoms with van der Waals surface area (Å²) >= 11 is 0. The normalized spacial score (nSPS) is 11.5. The van der Waals surface area contributed by atoms with Gasteiger partial charge in [0.1, 0.15) is 0 Å². The second-order valence-electron chi connectivity index (χ2n) is 12.5. The molecule has 0 bridgehead atoms. The lowest BCUT2D eigenvalue weighted by atomic mass is 9.84. The Bertz CT molecular complexity index is 2580. The van der Waals surface area contributed by atoms with Gasteiger partial charge < -0.3 is 0 Å². The fourth-order valence-electron chi connectivity index (χ4n) is 7.65. The number of aromatic nitrogens is 1. The lowest BCUT2D eigenvalue weighted by Gasteiger charge is -2.19. The zero-order chi connectivity index (χ0) is 32.0. The third-order valence-corrected chi connectivity index (χ3v) is 9.93. The van der Waals surface area contributed by atoms with E-state index in [9.17, 15) is 0 Å². The quantitative estimate of drug-likeness (QED) is 0.176. The van der Waals surface area contributed by atoms with Crippen molar-refractivity contribution in [2.45, 2.75) is 13.3 Å². The topological polar surface area (TPSA) is 12.9 Å². The maximum Gasteiger partial charge on any atom is 0.0714 e. The third kappa shape index (κ3) is 4.59. The molecule has 0 aliphatic heterocycles. The zero-order valence-electron chi connectivity index (χ0n) is 26.8. The molecule has 0 atom stereocenters. The van der Waals surface area contributed by atoms with Crippen LogP contribution >= 0.6 is 0 Å². The van der Waals surface area contributed by atoms with Crippen LogP contribution in [0.3, 0.4) is 0 Å². The van der Waals surface area contributed by atoms with Crippen LogP contribution in [-0.4, -0.2) is 4.98 Å². The summed E-state index contributed by atoms with van der Waals surface area (Å²) in [5.74, 6) is 0. The molecule has 0 amide bonds. The van der Waals surface area contributed by atoms with E-state index in [-0.39, 0.29) is 0 Å². The highest BCUT2D eigenvalue weighted by molar-refractivity contribution is 6.23. The molecular formula is C47H33N. The number of hydrogen-bond acceptors (Lipinski definition) is 1. The molecule has 0 aliphatic carbocycles. The molecule has 0 unspecified atom stereocenters. The Kier molecular flexibility index (Phi) is 6.83. The van der Waals surface area contributed by atoms with E-state index in [1.165, 1.54) is 76.5 Å². The number of benzene rings is 8. The van der Waals surface area contributed by atoms with Gasteiger partial charge in [-0.05, 0) is 101 Å². The Hall–Kier alpha value is -6.05. The Balaban J connectivity index is 1.20. The lowest BCUT2D eigenvalue weighted by molar-refractivity contribution is 1.16. The van der Waals surface area contributed by atoms with Crippen molar-refractivity contribution in [3.8, 4) is 44.6 Å². The van der Waals surface area contributed by atoms with Crippen molar-refractivity contribution in [1.29, 1.82) is 0 Å². The van der Waals surface area contributed by atoms with Gasteiger partial charge in [-0.25, -0.2) is 0 Å². The fraction of sp³-hybridized carbons (Fsp3) is 0.0426. The molecule has 1 nitrogen and oxygen atoms in total. The molecule has 1 heteroatoms. The molecular weight excluding hydrogens is 579 g/mol. The first kappa shape index (κ1) is 28.2. The van der Waals surface area contributed by atoms with Gasteiger partial charge in [-0.2, -0.15) is 0 Å². The number of nitrogens with zero attached hydrogens (tertiary/aromatic N) is 1. The van der Waals surface area contributed by atoms with Crippen LogP contribution in [0.25, 0.3) is 87.7 Å². The second-order valence-corrected chi connectivity index (χ2v) is 12.5. The molecule has 0 fully saturated rings. The van der Waals surface area contributed by atoms with Crippen LogP contribution in [0.2, 0.25) is 0 Å². The van der Waals surface area contributed by atoms with Crippen LogP contribution in [0.5, 0.6) is 0 Å².